The molecule has 0 amide bonds. The van der Waals surface area contributed by atoms with Gasteiger partial charge in [0.05, 0.1) is 11.4 Å². The van der Waals surface area contributed by atoms with Crippen molar-refractivity contribution < 1.29 is 9.90 Å². The van der Waals surface area contributed by atoms with Gasteiger partial charge in [-0.15, -0.1) is 0 Å². The number of aliphatic carboxylic acids is 1. The summed E-state index contributed by atoms with van der Waals surface area (Å²) in [6.45, 7) is 0. The summed E-state index contributed by atoms with van der Waals surface area (Å²) >= 11 is 6.09. The van der Waals surface area contributed by atoms with Crippen LogP contribution in [0.1, 0.15) is 5.56 Å². The van der Waals surface area contributed by atoms with Crippen LogP contribution >= 0.6 is 11.6 Å². The van der Waals surface area contributed by atoms with E-state index in [2.05, 4.69) is 4.98 Å². The Hall–Kier alpha value is -1.87. The summed E-state index contributed by atoms with van der Waals surface area (Å²) in [6, 6.07) is 9.46. The predicted octanol–water partition coefficient (Wildman–Crippen LogP) is 3.03. The highest BCUT2D eigenvalue weighted by molar-refractivity contribution is 6.33. The van der Waals surface area contributed by atoms with E-state index in [0.717, 1.165) is 11.1 Å². The lowest BCUT2D eigenvalue weighted by atomic mass is 10.00. The van der Waals surface area contributed by atoms with Gasteiger partial charge in [0.25, 0.3) is 0 Å². The van der Waals surface area contributed by atoms with Crippen molar-refractivity contribution in [2.45, 2.75) is 6.42 Å². The van der Waals surface area contributed by atoms with Crippen molar-refractivity contribution in [2.24, 2.45) is 0 Å². The molecular formula is C13H10ClNO2. The Labute approximate surface area is 104 Å². The molecule has 0 aliphatic rings. The largest absolute Gasteiger partial charge is 0.481 e. The van der Waals surface area contributed by atoms with Gasteiger partial charge in [-0.25, -0.2) is 0 Å². The smallest absolute Gasteiger partial charge is 0.307 e. The minimum atomic E-state index is -0.897. The van der Waals surface area contributed by atoms with Crippen LogP contribution in [0.4, 0.5) is 0 Å². The zero-order valence-electron chi connectivity index (χ0n) is 8.93. The molecule has 1 N–H and O–H groups in total. The highest BCUT2D eigenvalue weighted by atomic mass is 35.5. The lowest BCUT2D eigenvalue weighted by Crippen LogP contribution is -2.02. The third kappa shape index (κ3) is 2.63. The standard InChI is InChI=1S/C13H10ClNO2/c14-11-8-15-7-10(6-12(16)17)13(11)9-4-2-1-3-5-9/h1-5,7-8H,6H2,(H,16,17). The van der Waals surface area contributed by atoms with E-state index in [9.17, 15) is 4.79 Å². The number of carboxylic acid groups (broad SMARTS) is 1. The molecule has 0 saturated heterocycles. The maximum absolute atomic E-state index is 10.8. The molecule has 0 bridgehead atoms. The van der Waals surface area contributed by atoms with Crippen molar-refractivity contribution in [1.29, 1.82) is 0 Å². The summed E-state index contributed by atoms with van der Waals surface area (Å²) in [5.74, 6) is -0.897. The normalized spacial score (nSPS) is 10.2. The Balaban J connectivity index is 2.55. The van der Waals surface area contributed by atoms with Crippen LogP contribution in [-0.4, -0.2) is 16.1 Å². The maximum atomic E-state index is 10.8. The average Bonchev–Trinajstić information content (AvgIpc) is 2.29. The van der Waals surface area contributed by atoms with Crippen LogP contribution in [0.3, 0.4) is 0 Å². The van der Waals surface area contributed by atoms with E-state index in [-0.39, 0.29) is 6.42 Å². The van der Waals surface area contributed by atoms with Gasteiger partial charge in [-0.2, -0.15) is 0 Å². The third-order valence-corrected chi connectivity index (χ3v) is 2.67. The Bertz CT molecular complexity index is 540. The summed E-state index contributed by atoms with van der Waals surface area (Å²) < 4.78 is 0. The van der Waals surface area contributed by atoms with Gasteiger partial charge in [-0.3, -0.25) is 9.78 Å². The highest BCUT2D eigenvalue weighted by Gasteiger charge is 2.12. The maximum Gasteiger partial charge on any atom is 0.307 e. The van der Waals surface area contributed by atoms with Crippen LogP contribution in [0.15, 0.2) is 42.7 Å². The summed E-state index contributed by atoms with van der Waals surface area (Å²) in [5.41, 5.74) is 2.26. The van der Waals surface area contributed by atoms with Gasteiger partial charge >= 0.3 is 5.97 Å². The number of pyridine rings is 1. The minimum absolute atomic E-state index is 0.0855. The number of rotatable bonds is 3. The van der Waals surface area contributed by atoms with Crippen LogP contribution in [0.5, 0.6) is 0 Å². The number of hydrogen-bond donors (Lipinski definition) is 1. The Morgan fingerprint density at radius 1 is 1.24 bits per heavy atom. The molecule has 0 fully saturated rings. The number of halogens is 1. The zero-order valence-corrected chi connectivity index (χ0v) is 9.69. The Kier molecular flexibility index (Phi) is 3.40. The first kappa shape index (κ1) is 11.6. The first-order chi connectivity index (χ1) is 8.18. The lowest BCUT2D eigenvalue weighted by Gasteiger charge is -2.09. The average molecular weight is 248 g/mol. The van der Waals surface area contributed by atoms with E-state index >= 15 is 0 Å². The molecule has 1 aromatic carbocycles. The van der Waals surface area contributed by atoms with E-state index in [4.69, 9.17) is 16.7 Å². The first-order valence-electron chi connectivity index (χ1n) is 5.08. The van der Waals surface area contributed by atoms with Crippen molar-refractivity contribution in [2.75, 3.05) is 0 Å². The van der Waals surface area contributed by atoms with Crippen LogP contribution in [0.25, 0.3) is 11.1 Å². The van der Waals surface area contributed by atoms with E-state index < -0.39 is 5.97 Å². The van der Waals surface area contributed by atoms with Gasteiger partial charge in [-0.05, 0) is 11.1 Å². The fourth-order valence-corrected chi connectivity index (χ4v) is 1.99. The van der Waals surface area contributed by atoms with Gasteiger partial charge < -0.3 is 5.11 Å². The van der Waals surface area contributed by atoms with E-state index in [0.29, 0.717) is 10.6 Å². The second kappa shape index (κ2) is 4.97. The minimum Gasteiger partial charge on any atom is -0.481 e. The molecule has 4 heteroatoms. The molecule has 2 aromatic rings. The molecule has 86 valence electrons. The topological polar surface area (TPSA) is 50.2 Å². The highest BCUT2D eigenvalue weighted by Crippen LogP contribution is 2.30. The SMILES string of the molecule is O=C(O)Cc1cncc(Cl)c1-c1ccccc1. The summed E-state index contributed by atoms with van der Waals surface area (Å²) in [4.78, 5) is 14.7. The van der Waals surface area contributed by atoms with Crippen LogP contribution < -0.4 is 0 Å². The van der Waals surface area contributed by atoms with Gasteiger partial charge in [0, 0.05) is 18.0 Å². The number of benzene rings is 1. The Morgan fingerprint density at radius 2 is 1.94 bits per heavy atom. The summed E-state index contributed by atoms with van der Waals surface area (Å²) in [5, 5.41) is 9.33. The number of nitrogens with zero attached hydrogens (tertiary/aromatic N) is 1. The summed E-state index contributed by atoms with van der Waals surface area (Å²) in [6.07, 6.45) is 2.98. The van der Waals surface area contributed by atoms with Gasteiger partial charge in [0.2, 0.25) is 0 Å². The van der Waals surface area contributed by atoms with Crippen LogP contribution in [0, 0.1) is 0 Å². The van der Waals surface area contributed by atoms with Crippen LogP contribution in [-0.2, 0) is 11.2 Å². The molecule has 2 rings (SSSR count). The molecule has 0 saturated carbocycles. The van der Waals surface area contributed by atoms with Gasteiger partial charge in [-0.1, -0.05) is 41.9 Å². The van der Waals surface area contributed by atoms with Gasteiger partial charge in [0.1, 0.15) is 0 Å². The van der Waals surface area contributed by atoms with Crippen LogP contribution in [0.2, 0.25) is 5.02 Å². The molecule has 3 nitrogen and oxygen atoms in total. The number of hydrogen-bond acceptors (Lipinski definition) is 2. The van der Waals surface area contributed by atoms with Crippen molar-refractivity contribution >= 4 is 17.6 Å². The molecule has 0 atom stereocenters. The van der Waals surface area contributed by atoms with Gasteiger partial charge in [0.15, 0.2) is 0 Å². The fraction of sp³-hybridized carbons (Fsp3) is 0.0769. The van der Waals surface area contributed by atoms with Crippen molar-refractivity contribution in [3.05, 3.63) is 53.3 Å². The fourth-order valence-electron chi connectivity index (χ4n) is 1.70. The van der Waals surface area contributed by atoms with Crippen molar-refractivity contribution in [3.8, 4) is 11.1 Å². The number of carboxylic acids is 1. The second-order valence-corrected chi connectivity index (χ2v) is 4.00. The quantitative estimate of drug-likeness (QED) is 0.907. The van der Waals surface area contributed by atoms with Crippen molar-refractivity contribution in [3.63, 3.8) is 0 Å². The van der Waals surface area contributed by atoms with E-state index in [1.54, 1.807) is 6.20 Å². The molecule has 1 heterocycles. The molecule has 0 spiro atoms. The number of carbonyl (C=O) groups is 1. The third-order valence-electron chi connectivity index (χ3n) is 2.38. The molecule has 0 unspecified atom stereocenters. The molecule has 1 aromatic heterocycles. The summed E-state index contributed by atoms with van der Waals surface area (Å²) in [7, 11) is 0. The monoisotopic (exact) mass is 247 g/mol. The Morgan fingerprint density at radius 3 is 2.59 bits per heavy atom. The lowest BCUT2D eigenvalue weighted by molar-refractivity contribution is -0.136. The second-order valence-electron chi connectivity index (χ2n) is 3.59. The van der Waals surface area contributed by atoms with E-state index in [1.807, 2.05) is 30.3 Å². The van der Waals surface area contributed by atoms with Crippen molar-refractivity contribution in [1.82, 2.24) is 4.98 Å². The molecule has 0 radical (unpaired) electrons. The predicted molar refractivity (Wildman–Crippen MR) is 66.0 cm³/mol. The first-order valence-corrected chi connectivity index (χ1v) is 5.46. The molecule has 17 heavy (non-hydrogen) atoms. The molecular weight excluding hydrogens is 238 g/mol. The molecule has 0 aliphatic carbocycles. The molecule has 0 aliphatic heterocycles. The van der Waals surface area contributed by atoms with E-state index in [1.165, 1.54) is 6.20 Å². The zero-order chi connectivity index (χ0) is 12.3. The number of aromatic nitrogens is 1.